The number of nitrogens with one attached hydrogen (secondary N) is 1. The van der Waals surface area contributed by atoms with E-state index in [4.69, 9.17) is 34.8 Å². The Morgan fingerprint density at radius 1 is 0.875 bits per heavy atom. The zero-order valence-electron chi connectivity index (χ0n) is 21.4. The molecule has 11 heteroatoms. The molecule has 0 radical (unpaired) electrons. The van der Waals surface area contributed by atoms with Crippen LogP contribution in [0, 0.1) is 6.92 Å². The molecule has 2 N–H and O–H groups in total. The first-order valence-electron chi connectivity index (χ1n) is 12.5. The predicted molar refractivity (Wildman–Crippen MR) is 153 cm³/mol. The largest absolute Gasteiger partial charge is 0.481 e. The summed E-state index contributed by atoms with van der Waals surface area (Å²) in [6.45, 7) is 2.22. The minimum absolute atomic E-state index is 0.167. The molecule has 0 aromatic heterocycles. The number of rotatable bonds is 7. The van der Waals surface area contributed by atoms with Gasteiger partial charge in [0.25, 0.3) is 17.7 Å². The van der Waals surface area contributed by atoms with E-state index in [2.05, 4.69) is 5.32 Å². The highest BCUT2D eigenvalue weighted by molar-refractivity contribution is 6.42. The molecule has 1 aliphatic heterocycles. The van der Waals surface area contributed by atoms with Crippen molar-refractivity contribution in [3.8, 4) is 0 Å². The van der Waals surface area contributed by atoms with Gasteiger partial charge in [-0.05, 0) is 61.4 Å². The van der Waals surface area contributed by atoms with Gasteiger partial charge in [-0.2, -0.15) is 0 Å². The second-order valence-electron chi connectivity index (χ2n) is 9.43. The van der Waals surface area contributed by atoms with Crippen molar-refractivity contribution in [1.82, 2.24) is 15.1 Å². The summed E-state index contributed by atoms with van der Waals surface area (Å²) in [6, 6.07) is 16.8. The van der Waals surface area contributed by atoms with Crippen LogP contribution in [0.25, 0.3) is 0 Å². The smallest absolute Gasteiger partial charge is 0.305 e. The molecule has 208 valence electrons. The summed E-state index contributed by atoms with van der Waals surface area (Å²) in [5.74, 6) is -2.82. The van der Waals surface area contributed by atoms with E-state index in [9.17, 15) is 24.3 Å². The molecular weight excluding hydrogens is 577 g/mol. The van der Waals surface area contributed by atoms with Crippen LogP contribution in [0.3, 0.4) is 0 Å². The molecule has 1 aliphatic rings. The lowest BCUT2D eigenvalue weighted by atomic mass is 10.0. The number of nitrogens with zero attached hydrogens (tertiary/aromatic N) is 2. The van der Waals surface area contributed by atoms with Crippen LogP contribution in [0.4, 0.5) is 0 Å². The molecular formula is C29H26Cl3N3O5. The molecule has 0 aliphatic carbocycles. The number of carboxylic acids is 1. The van der Waals surface area contributed by atoms with E-state index in [1.807, 2.05) is 13.0 Å². The van der Waals surface area contributed by atoms with Crippen LogP contribution in [0.5, 0.6) is 0 Å². The summed E-state index contributed by atoms with van der Waals surface area (Å²) in [5.41, 5.74) is 1.95. The molecule has 1 heterocycles. The first-order valence-corrected chi connectivity index (χ1v) is 13.6. The molecule has 4 rings (SSSR count). The first-order chi connectivity index (χ1) is 19.0. The van der Waals surface area contributed by atoms with Crippen molar-refractivity contribution >= 4 is 58.5 Å². The topological polar surface area (TPSA) is 107 Å². The number of carbonyl (C=O) groups excluding carboxylic acids is 3. The highest BCUT2D eigenvalue weighted by atomic mass is 35.5. The van der Waals surface area contributed by atoms with Crippen LogP contribution < -0.4 is 5.32 Å². The van der Waals surface area contributed by atoms with Gasteiger partial charge in [0, 0.05) is 29.2 Å². The van der Waals surface area contributed by atoms with Crippen LogP contribution in [0.15, 0.2) is 66.7 Å². The van der Waals surface area contributed by atoms with E-state index >= 15 is 0 Å². The number of benzene rings is 3. The van der Waals surface area contributed by atoms with Crippen molar-refractivity contribution < 1.29 is 24.3 Å². The van der Waals surface area contributed by atoms with Crippen LogP contribution in [-0.4, -0.2) is 57.9 Å². The fraction of sp³-hybridized carbons (Fsp3) is 0.241. The van der Waals surface area contributed by atoms with Gasteiger partial charge in [-0.25, -0.2) is 0 Å². The number of carboxylic acid groups (broad SMARTS) is 1. The third kappa shape index (κ3) is 6.75. The van der Waals surface area contributed by atoms with Gasteiger partial charge in [-0.15, -0.1) is 0 Å². The van der Waals surface area contributed by atoms with Gasteiger partial charge in [0.05, 0.1) is 22.5 Å². The van der Waals surface area contributed by atoms with Gasteiger partial charge >= 0.3 is 5.97 Å². The summed E-state index contributed by atoms with van der Waals surface area (Å²) in [5, 5.41) is 13.2. The molecule has 3 amide bonds. The summed E-state index contributed by atoms with van der Waals surface area (Å²) >= 11 is 18.2. The maximum atomic E-state index is 14.0. The van der Waals surface area contributed by atoms with Crippen molar-refractivity contribution in [2.45, 2.75) is 32.0 Å². The lowest BCUT2D eigenvalue weighted by molar-refractivity contribution is -0.138. The predicted octanol–water partition coefficient (Wildman–Crippen LogP) is 5.60. The van der Waals surface area contributed by atoms with E-state index in [-0.39, 0.29) is 34.3 Å². The Bertz CT molecular complexity index is 1450. The van der Waals surface area contributed by atoms with Crippen molar-refractivity contribution in [2.75, 3.05) is 13.1 Å². The summed E-state index contributed by atoms with van der Waals surface area (Å²) in [6.07, 6.45) is -1.35. The molecule has 0 bridgehead atoms. The maximum Gasteiger partial charge on any atom is 0.305 e. The monoisotopic (exact) mass is 601 g/mol. The number of amides is 3. The molecule has 2 atom stereocenters. The van der Waals surface area contributed by atoms with Crippen LogP contribution in [0.2, 0.25) is 15.1 Å². The van der Waals surface area contributed by atoms with E-state index in [1.54, 1.807) is 42.5 Å². The number of hydrogen-bond donors (Lipinski definition) is 2. The van der Waals surface area contributed by atoms with Crippen molar-refractivity contribution in [2.24, 2.45) is 0 Å². The van der Waals surface area contributed by atoms with Crippen molar-refractivity contribution in [3.05, 3.63) is 104 Å². The SMILES string of the molecule is Cc1cccc(C(CC(=O)O)NC(=O)C2N(C(=O)c3ccc(Cl)cc3)CCCN2C(=O)c2ccc(Cl)c(Cl)c2)c1. The fourth-order valence-corrected chi connectivity index (χ4v) is 5.07. The molecule has 0 saturated carbocycles. The highest BCUT2D eigenvalue weighted by Gasteiger charge is 2.41. The molecule has 8 nitrogen and oxygen atoms in total. The number of hydrogen-bond acceptors (Lipinski definition) is 4. The summed E-state index contributed by atoms with van der Waals surface area (Å²) in [7, 11) is 0. The maximum absolute atomic E-state index is 14.0. The quantitative estimate of drug-likeness (QED) is 0.366. The average Bonchev–Trinajstić information content (AvgIpc) is 2.93. The third-order valence-corrected chi connectivity index (χ3v) is 7.53. The highest BCUT2D eigenvalue weighted by Crippen LogP contribution is 2.27. The molecule has 3 aromatic rings. The van der Waals surface area contributed by atoms with Crippen molar-refractivity contribution in [1.29, 1.82) is 0 Å². The van der Waals surface area contributed by atoms with Gasteiger partial charge in [0.15, 0.2) is 6.17 Å². The number of aliphatic carboxylic acids is 1. The molecule has 2 unspecified atom stereocenters. The van der Waals surface area contributed by atoms with Gasteiger partial charge in [-0.3, -0.25) is 19.2 Å². The standard InChI is InChI=1S/C29H26Cl3N3O5/c1-17-4-2-5-19(14-17)24(16-25(36)37)33-26(38)27-34(28(39)18-6-9-21(30)10-7-18)12-3-13-35(27)29(40)20-8-11-22(31)23(32)15-20/h2,4-11,14-15,24,27H,3,12-13,16H2,1H3,(H,33,38)(H,36,37). The zero-order chi connectivity index (χ0) is 29.0. The molecule has 1 saturated heterocycles. The lowest BCUT2D eigenvalue weighted by Gasteiger charge is -2.43. The minimum atomic E-state index is -1.36. The van der Waals surface area contributed by atoms with Crippen molar-refractivity contribution in [3.63, 3.8) is 0 Å². The Labute approximate surface area is 246 Å². The Morgan fingerprint density at radius 3 is 2.10 bits per heavy atom. The zero-order valence-corrected chi connectivity index (χ0v) is 23.7. The van der Waals surface area contributed by atoms with Crippen LogP contribution in [-0.2, 0) is 9.59 Å². The Balaban J connectivity index is 1.73. The van der Waals surface area contributed by atoms with Gasteiger partial charge in [0.1, 0.15) is 0 Å². The molecule has 1 fully saturated rings. The van der Waals surface area contributed by atoms with E-state index < -0.39 is 42.3 Å². The fourth-order valence-electron chi connectivity index (χ4n) is 4.65. The Kier molecular flexibility index (Phi) is 9.35. The van der Waals surface area contributed by atoms with E-state index in [0.717, 1.165) is 5.56 Å². The van der Waals surface area contributed by atoms with E-state index in [0.29, 0.717) is 17.0 Å². The second kappa shape index (κ2) is 12.7. The second-order valence-corrected chi connectivity index (χ2v) is 10.7. The number of halogens is 3. The minimum Gasteiger partial charge on any atom is -0.481 e. The summed E-state index contributed by atoms with van der Waals surface area (Å²) < 4.78 is 0. The van der Waals surface area contributed by atoms with E-state index in [1.165, 1.54) is 28.0 Å². The van der Waals surface area contributed by atoms with Crippen LogP contribution in [0.1, 0.15) is 50.7 Å². The van der Waals surface area contributed by atoms with Gasteiger partial charge < -0.3 is 20.2 Å². The normalized spacial score (nSPS) is 15.8. The van der Waals surface area contributed by atoms with Crippen LogP contribution >= 0.6 is 34.8 Å². The van der Waals surface area contributed by atoms with Gasteiger partial charge in [0.2, 0.25) is 0 Å². The Hall–Kier alpha value is -3.59. The first kappa shape index (κ1) is 29.4. The molecule has 3 aromatic carbocycles. The number of aryl methyl sites for hydroxylation is 1. The number of carbonyl (C=O) groups is 4. The lowest BCUT2D eigenvalue weighted by Crippen LogP contribution is -2.63. The molecule has 40 heavy (non-hydrogen) atoms. The Morgan fingerprint density at radius 2 is 1.50 bits per heavy atom. The average molecular weight is 603 g/mol. The van der Waals surface area contributed by atoms with Gasteiger partial charge in [-0.1, -0.05) is 64.6 Å². The molecule has 0 spiro atoms. The summed E-state index contributed by atoms with van der Waals surface area (Å²) in [4.78, 5) is 55.6. The third-order valence-electron chi connectivity index (χ3n) is 6.54.